The van der Waals surface area contributed by atoms with Crippen LogP contribution in [-0.2, 0) is 11.2 Å². The van der Waals surface area contributed by atoms with Crippen LogP contribution >= 0.6 is 34.5 Å². The largest absolute Gasteiger partial charge is 0.497 e. The van der Waals surface area contributed by atoms with E-state index < -0.39 is 0 Å². The lowest BCUT2D eigenvalue weighted by Gasteiger charge is -2.08. The van der Waals surface area contributed by atoms with Crippen LogP contribution in [0.5, 0.6) is 5.75 Å². The number of hydrogen-bond donors (Lipinski definition) is 2. The molecule has 5 nitrogen and oxygen atoms in total. The lowest BCUT2D eigenvalue weighted by Crippen LogP contribution is -2.14. The summed E-state index contributed by atoms with van der Waals surface area (Å²) >= 11 is 13.7. The highest BCUT2D eigenvalue weighted by Gasteiger charge is 2.10. The fraction of sp³-hybridized carbons (Fsp3) is 0.0833. The van der Waals surface area contributed by atoms with E-state index in [1.807, 2.05) is 53.9 Å². The van der Waals surface area contributed by atoms with Gasteiger partial charge in [-0.3, -0.25) is 4.79 Å². The summed E-state index contributed by atoms with van der Waals surface area (Å²) in [6.07, 6.45) is 0.277. The topological polar surface area (TPSA) is 63.2 Å². The van der Waals surface area contributed by atoms with E-state index in [4.69, 9.17) is 27.9 Å². The number of carbonyl (C=O) groups is 1. The summed E-state index contributed by atoms with van der Waals surface area (Å²) in [5.41, 5.74) is 4.01. The number of rotatable bonds is 7. The molecule has 0 spiro atoms. The molecule has 8 heteroatoms. The molecule has 162 valence electrons. The first-order chi connectivity index (χ1) is 15.5. The van der Waals surface area contributed by atoms with E-state index >= 15 is 0 Å². The summed E-state index contributed by atoms with van der Waals surface area (Å²) in [5.74, 6) is 0.667. The second-order valence-electron chi connectivity index (χ2n) is 6.94. The molecule has 4 rings (SSSR count). The summed E-state index contributed by atoms with van der Waals surface area (Å²) < 4.78 is 5.15. The molecule has 2 N–H and O–H groups in total. The SMILES string of the molecule is COc1ccc(CC(=O)Nc2cccc(-c3csc(Nc4cc(Cl)ccc4Cl)n3)c2)cc1. The van der Waals surface area contributed by atoms with Crippen LogP contribution in [0.25, 0.3) is 11.3 Å². The van der Waals surface area contributed by atoms with Crippen LogP contribution in [0.15, 0.2) is 72.1 Å². The highest BCUT2D eigenvalue weighted by Crippen LogP contribution is 2.32. The van der Waals surface area contributed by atoms with E-state index in [0.29, 0.717) is 26.6 Å². The van der Waals surface area contributed by atoms with Crippen LogP contribution in [0.3, 0.4) is 0 Å². The lowest BCUT2D eigenvalue weighted by atomic mass is 10.1. The molecule has 0 aliphatic rings. The smallest absolute Gasteiger partial charge is 0.228 e. The van der Waals surface area contributed by atoms with Crippen LogP contribution in [0.4, 0.5) is 16.5 Å². The number of ether oxygens (including phenoxy) is 1. The van der Waals surface area contributed by atoms with Gasteiger partial charge in [0.1, 0.15) is 5.75 Å². The van der Waals surface area contributed by atoms with Gasteiger partial charge in [-0.25, -0.2) is 4.98 Å². The van der Waals surface area contributed by atoms with Gasteiger partial charge in [-0.1, -0.05) is 47.5 Å². The fourth-order valence-electron chi connectivity index (χ4n) is 3.06. The molecule has 0 atom stereocenters. The van der Waals surface area contributed by atoms with E-state index in [0.717, 1.165) is 22.6 Å². The number of halogens is 2. The number of carbonyl (C=O) groups excluding carboxylic acids is 1. The zero-order valence-corrected chi connectivity index (χ0v) is 19.4. The van der Waals surface area contributed by atoms with Crippen molar-refractivity contribution in [2.75, 3.05) is 17.7 Å². The monoisotopic (exact) mass is 483 g/mol. The molecule has 1 heterocycles. The minimum atomic E-state index is -0.0939. The van der Waals surface area contributed by atoms with Crippen LogP contribution in [0.1, 0.15) is 5.56 Å². The summed E-state index contributed by atoms with van der Waals surface area (Å²) in [4.78, 5) is 17.1. The normalized spacial score (nSPS) is 10.6. The first kappa shape index (κ1) is 22.1. The van der Waals surface area contributed by atoms with Gasteiger partial charge in [0.05, 0.1) is 29.9 Å². The van der Waals surface area contributed by atoms with Crippen molar-refractivity contribution in [1.82, 2.24) is 4.98 Å². The van der Waals surface area contributed by atoms with Gasteiger partial charge in [0.2, 0.25) is 5.91 Å². The summed E-state index contributed by atoms with van der Waals surface area (Å²) in [5, 5.41) is 9.93. The minimum absolute atomic E-state index is 0.0939. The lowest BCUT2D eigenvalue weighted by molar-refractivity contribution is -0.115. The minimum Gasteiger partial charge on any atom is -0.497 e. The Morgan fingerprint density at radius 3 is 2.66 bits per heavy atom. The highest BCUT2D eigenvalue weighted by molar-refractivity contribution is 7.14. The van der Waals surface area contributed by atoms with Crippen molar-refractivity contribution in [2.24, 2.45) is 0 Å². The van der Waals surface area contributed by atoms with E-state index in [1.54, 1.807) is 25.3 Å². The predicted molar refractivity (Wildman–Crippen MR) is 133 cm³/mol. The first-order valence-corrected chi connectivity index (χ1v) is 11.3. The van der Waals surface area contributed by atoms with Gasteiger partial charge in [0, 0.05) is 21.7 Å². The molecule has 0 fully saturated rings. The zero-order valence-electron chi connectivity index (χ0n) is 17.1. The Balaban J connectivity index is 1.43. The molecule has 0 aliphatic heterocycles. The number of aromatic nitrogens is 1. The zero-order chi connectivity index (χ0) is 22.5. The standard InChI is InChI=1S/C24H19Cl2N3O2S/c1-31-19-8-5-15(6-9-19)11-23(30)27-18-4-2-3-16(12-18)22-14-32-24(29-22)28-21-13-17(25)7-10-20(21)26/h2-10,12-14H,11H2,1H3,(H,27,30)(H,28,29). The molecular weight excluding hydrogens is 465 g/mol. The number of hydrogen-bond acceptors (Lipinski definition) is 5. The molecule has 1 amide bonds. The van der Waals surface area contributed by atoms with Gasteiger partial charge in [0.15, 0.2) is 5.13 Å². The molecule has 0 aliphatic carbocycles. The Kier molecular flexibility index (Phi) is 6.95. The van der Waals surface area contributed by atoms with Crippen molar-refractivity contribution in [3.63, 3.8) is 0 Å². The maximum atomic E-state index is 12.5. The summed E-state index contributed by atoms with van der Waals surface area (Å²) in [6.45, 7) is 0. The van der Waals surface area contributed by atoms with E-state index in [1.165, 1.54) is 11.3 Å². The molecule has 0 radical (unpaired) electrons. The van der Waals surface area contributed by atoms with E-state index in [9.17, 15) is 4.79 Å². The Morgan fingerprint density at radius 1 is 1.06 bits per heavy atom. The second kappa shape index (κ2) is 10.0. The molecule has 0 saturated heterocycles. The Labute approximate surface area is 200 Å². The average Bonchev–Trinajstić information content (AvgIpc) is 3.25. The van der Waals surface area contributed by atoms with Crippen molar-refractivity contribution in [3.8, 4) is 17.0 Å². The van der Waals surface area contributed by atoms with Crippen molar-refractivity contribution < 1.29 is 9.53 Å². The van der Waals surface area contributed by atoms with E-state index in [-0.39, 0.29) is 12.3 Å². The predicted octanol–water partition coefficient (Wildman–Crippen LogP) is 7.05. The molecule has 1 aromatic heterocycles. The molecule has 32 heavy (non-hydrogen) atoms. The number of anilines is 3. The van der Waals surface area contributed by atoms with Gasteiger partial charge < -0.3 is 15.4 Å². The van der Waals surface area contributed by atoms with E-state index in [2.05, 4.69) is 15.6 Å². The number of benzene rings is 3. The molecule has 0 bridgehead atoms. The molecular formula is C24H19Cl2N3O2S. The first-order valence-electron chi connectivity index (χ1n) is 9.71. The summed E-state index contributed by atoms with van der Waals surface area (Å²) in [6, 6.07) is 20.3. The molecule has 0 saturated carbocycles. The Hall–Kier alpha value is -3.06. The van der Waals surface area contributed by atoms with Crippen molar-refractivity contribution in [2.45, 2.75) is 6.42 Å². The molecule has 4 aromatic rings. The van der Waals surface area contributed by atoms with Crippen LogP contribution in [-0.4, -0.2) is 18.0 Å². The van der Waals surface area contributed by atoms with Gasteiger partial charge in [-0.05, 0) is 48.0 Å². The Bertz CT molecular complexity index is 1240. The molecule has 3 aromatic carbocycles. The number of nitrogens with one attached hydrogen (secondary N) is 2. The van der Waals surface area contributed by atoms with Crippen LogP contribution in [0, 0.1) is 0 Å². The van der Waals surface area contributed by atoms with Gasteiger partial charge in [-0.2, -0.15) is 0 Å². The number of thiazole rings is 1. The van der Waals surface area contributed by atoms with Crippen molar-refractivity contribution in [3.05, 3.63) is 87.7 Å². The quantitative estimate of drug-likeness (QED) is 0.295. The van der Waals surface area contributed by atoms with Crippen molar-refractivity contribution >= 4 is 57.0 Å². The maximum Gasteiger partial charge on any atom is 0.228 e. The van der Waals surface area contributed by atoms with Gasteiger partial charge in [0.25, 0.3) is 0 Å². The number of amides is 1. The number of methoxy groups -OCH3 is 1. The number of nitrogens with zero attached hydrogens (tertiary/aromatic N) is 1. The molecule has 0 unspecified atom stereocenters. The summed E-state index contributed by atoms with van der Waals surface area (Å²) in [7, 11) is 1.61. The maximum absolute atomic E-state index is 12.5. The van der Waals surface area contributed by atoms with Crippen LogP contribution in [0.2, 0.25) is 10.0 Å². The van der Waals surface area contributed by atoms with Gasteiger partial charge >= 0.3 is 0 Å². The van der Waals surface area contributed by atoms with Gasteiger partial charge in [-0.15, -0.1) is 11.3 Å². The third-order valence-corrected chi connectivity index (χ3v) is 5.96. The third-order valence-electron chi connectivity index (χ3n) is 4.64. The highest BCUT2D eigenvalue weighted by atomic mass is 35.5. The third kappa shape index (κ3) is 5.59. The second-order valence-corrected chi connectivity index (χ2v) is 8.64. The fourth-order valence-corrected chi connectivity index (χ4v) is 4.13. The average molecular weight is 484 g/mol. The Morgan fingerprint density at radius 2 is 1.88 bits per heavy atom. The van der Waals surface area contributed by atoms with Crippen LogP contribution < -0.4 is 15.4 Å². The van der Waals surface area contributed by atoms with Crippen molar-refractivity contribution in [1.29, 1.82) is 0 Å².